The lowest BCUT2D eigenvalue weighted by atomic mass is 9.94. The number of aromatic hydroxyl groups is 1. The second-order valence-corrected chi connectivity index (χ2v) is 8.33. The van der Waals surface area contributed by atoms with E-state index >= 15 is 0 Å². The molecule has 4 rings (SSSR count). The van der Waals surface area contributed by atoms with Crippen LogP contribution >= 0.6 is 0 Å². The van der Waals surface area contributed by atoms with Gasteiger partial charge in [-0.1, -0.05) is 42.5 Å². The highest BCUT2D eigenvalue weighted by Crippen LogP contribution is 2.40. The molecule has 2 N–H and O–H groups in total. The number of phenolic OH excluding ortho intramolecular Hbond substituents is 1. The molecule has 7 heteroatoms. The zero-order valence-corrected chi connectivity index (χ0v) is 19.6. The van der Waals surface area contributed by atoms with Crippen LogP contribution in [0.3, 0.4) is 0 Å². The average molecular weight is 474 g/mol. The van der Waals surface area contributed by atoms with Gasteiger partial charge in [0, 0.05) is 19.2 Å². The third-order valence-electron chi connectivity index (χ3n) is 5.95. The molecule has 7 nitrogen and oxygen atoms in total. The number of methoxy groups -OCH3 is 1. The van der Waals surface area contributed by atoms with E-state index < -0.39 is 17.7 Å². The van der Waals surface area contributed by atoms with Gasteiger partial charge in [0.25, 0.3) is 11.7 Å². The summed E-state index contributed by atoms with van der Waals surface area (Å²) in [6.45, 7) is 2.62. The van der Waals surface area contributed by atoms with Crippen LogP contribution in [0, 0.1) is 6.92 Å². The fourth-order valence-electron chi connectivity index (χ4n) is 4.19. The lowest BCUT2D eigenvalue weighted by molar-refractivity contribution is -0.140. The van der Waals surface area contributed by atoms with E-state index in [1.807, 2.05) is 37.3 Å². The van der Waals surface area contributed by atoms with Crippen LogP contribution in [0.15, 0.2) is 78.4 Å². The van der Waals surface area contributed by atoms with E-state index in [4.69, 9.17) is 9.47 Å². The smallest absolute Gasteiger partial charge is 0.295 e. The van der Waals surface area contributed by atoms with Crippen LogP contribution in [0.2, 0.25) is 0 Å². The van der Waals surface area contributed by atoms with Gasteiger partial charge in [-0.25, -0.2) is 0 Å². The van der Waals surface area contributed by atoms with Gasteiger partial charge >= 0.3 is 0 Å². The standard InChI is InChI=1S/C28H27NO6/c1-18-15-21(11-12-23(18)35-17-19-7-4-3-5-8-19)26(31)24-25(20-9-6-10-22(30)16-20)29(13-14-34-2)28(33)27(24)32/h3-12,15-16,25,30-31H,13-14,17H2,1-2H3/b26-24-. The van der Waals surface area contributed by atoms with Gasteiger partial charge in [-0.3, -0.25) is 9.59 Å². The quantitative estimate of drug-likeness (QED) is 0.287. The molecular weight excluding hydrogens is 446 g/mol. The largest absolute Gasteiger partial charge is 0.508 e. The third-order valence-corrected chi connectivity index (χ3v) is 5.95. The SMILES string of the molecule is COCCN1C(=O)C(=O)/C(=C(\O)c2ccc(OCc3ccccc3)c(C)c2)C1c1cccc(O)c1. The van der Waals surface area contributed by atoms with Crippen LogP contribution in [0.25, 0.3) is 5.76 Å². The number of rotatable bonds is 8. The molecule has 0 saturated carbocycles. The summed E-state index contributed by atoms with van der Waals surface area (Å²) in [5.41, 5.74) is 2.67. The molecule has 0 aliphatic carbocycles. The number of ether oxygens (including phenoxy) is 2. The number of likely N-dealkylation sites (tertiary alicyclic amines) is 1. The van der Waals surface area contributed by atoms with E-state index in [1.54, 1.807) is 30.3 Å². The molecule has 0 radical (unpaired) electrons. The summed E-state index contributed by atoms with van der Waals surface area (Å²) in [6.07, 6.45) is 0. The van der Waals surface area contributed by atoms with Crippen molar-refractivity contribution in [3.63, 3.8) is 0 Å². The number of carbonyl (C=O) groups is 2. The minimum absolute atomic E-state index is 0.00408. The Morgan fingerprint density at radius 1 is 1.00 bits per heavy atom. The van der Waals surface area contributed by atoms with E-state index in [0.29, 0.717) is 23.5 Å². The number of carbonyl (C=O) groups excluding carboxylic acids is 2. The predicted octanol–water partition coefficient (Wildman–Crippen LogP) is 4.35. The molecule has 3 aromatic rings. The highest BCUT2D eigenvalue weighted by atomic mass is 16.5. The number of amides is 1. The topological polar surface area (TPSA) is 96.3 Å². The molecule has 1 amide bonds. The first-order valence-corrected chi connectivity index (χ1v) is 11.2. The summed E-state index contributed by atoms with van der Waals surface area (Å²) >= 11 is 0. The maximum absolute atomic E-state index is 13.0. The summed E-state index contributed by atoms with van der Waals surface area (Å²) in [5, 5.41) is 21.2. The Morgan fingerprint density at radius 3 is 2.46 bits per heavy atom. The first-order valence-electron chi connectivity index (χ1n) is 11.2. The van der Waals surface area contributed by atoms with E-state index in [1.165, 1.54) is 24.1 Å². The second kappa shape index (κ2) is 10.4. The first-order chi connectivity index (χ1) is 16.9. The number of aryl methyl sites for hydroxylation is 1. The summed E-state index contributed by atoms with van der Waals surface area (Å²) < 4.78 is 11.0. The van der Waals surface area contributed by atoms with Crippen LogP contribution in [0.5, 0.6) is 11.5 Å². The van der Waals surface area contributed by atoms with E-state index in [0.717, 1.165) is 11.1 Å². The predicted molar refractivity (Wildman–Crippen MR) is 131 cm³/mol. The third kappa shape index (κ3) is 5.05. The minimum Gasteiger partial charge on any atom is -0.508 e. The Morgan fingerprint density at radius 2 is 1.77 bits per heavy atom. The molecule has 1 fully saturated rings. The monoisotopic (exact) mass is 473 g/mol. The van der Waals surface area contributed by atoms with Gasteiger partial charge in [0.15, 0.2) is 0 Å². The number of hydrogen-bond acceptors (Lipinski definition) is 6. The first kappa shape index (κ1) is 24.0. The van der Waals surface area contributed by atoms with E-state index in [-0.39, 0.29) is 30.2 Å². The molecule has 1 saturated heterocycles. The average Bonchev–Trinajstić information content (AvgIpc) is 3.11. The van der Waals surface area contributed by atoms with Crippen molar-refractivity contribution in [3.05, 3.63) is 101 Å². The van der Waals surface area contributed by atoms with Gasteiger partial charge in [-0.15, -0.1) is 0 Å². The number of hydrogen-bond donors (Lipinski definition) is 2. The zero-order chi connectivity index (χ0) is 24.9. The number of nitrogens with zero attached hydrogens (tertiary/aromatic N) is 1. The maximum Gasteiger partial charge on any atom is 0.295 e. The zero-order valence-electron chi connectivity index (χ0n) is 19.6. The number of aliphatic hydroxyl groups is 1. The Kier molecular flexibility index (Phi) is 7.17. The highest BCUT2D eigenvalue weighted by molar-refractivity contribution is 6.46. The molecule has 1 heterocycles. The molecule has 3 aromatic carbocycles. The van der Waals surface area contributed by atoms with Crippen molar-refractivity contribution in [3.8, 4) is 11.5 Å². The molecular formula is C28H27NO6. The molecule has 1 aliphatic heterocycles. The summed E-state index contributed by atoms with van der Waals surface area (Å²) in [4.78, 5) is 27.3. The molecule has 0 spiro atoms. The molecule has 1 atom stereocenters. The van der Waals surface area contributed by atoms with Gasteiger partial charge in [-0.05, 0) is 53.9 Å². The molecule has 0 bridgehead atoms. The normalized spacial score (nSPS) is 17.1. The maximum atomic E-state index is 13.0. The van der Waals surface area contributed by atoms with Crippen LogP contribution in [-0.2, 0) is 20.9 Å². The number of Topliss-reactive ketones (excluding diaryl/α,β-unsaturated/α-hetero) is 1. The van der Waals surface area contributed by atoms with Crippen molar-refractivity contribution in [2.24, 2.45) is 0 Å². The Hall–Kier alpha value is -4.10. The van der Waals surface area contributed by atoms with Crippen molar-refractivity contribution < 1.29 is 29.3 Å². The summed E-state index contributed by atoms with van der Waals surface area (Å²) in [5.74, 6) is -1.15. The lowest BCUT2D eigenvalue weighted by Gasteiger charge is -2.25. The fourth-order valence-corrected chi connectivity index (χ4v) is 4.19. The van der Waals surface area contributed by atoms with E-state index in [2.05, 4.69) is 0 Å². The van der Waals surface area contributed by atoms with Crippen LogP contribution in [0.1, 0.15) is 28.3 Å². The van der Waals surface area contributed by atoms with Crippen molar-refractivity contribution in [2.75, 3.05) is 20.3 Å². The summed E-state index contributed by atoms with van der Waals surface area (Å²) in [7, 11) is 1.50. The molecule has 35 heavy (non-hydrogen) atoms. The van der Waals surface area contributed by atoms with Gasteiger partial charge < -0.3 is 24.6 Å². The van der Waals surface area contributed by atoms with Crippen LogP contribution in [-0.4, -0.2) is 47.1 Å². The van der Waals surface area contributed by atoms with Gasteiger partial charge in [0.1, 0.15) is 23.9 Å². The van der Waals surface area contributed by atoms with Gasteiger partial charge in [-0.2, -0.15) is 0 Å². The molecule has 1 unspecified atom stereocenters. The molecule has 0 aromatic heterocycles. The number of phenols is 1. The van der Waals surface area contributed by atoms with Crippen molar-refractivity contribution in [1.82, 2.24) is 4.90 Å². The number of aliphatic hydroxyl groups excluding tert-OH is 1. The van der Waals surface area contributed by atoms with E-state index in [9.17, 15) is 19.8 Å². The summed E-state index contributed by atoms with van der Waals surface area (Å²) in [6, 6.07) is 20.3. The number of benzene rings is 3. The van der Waals surface area contributed by atoms with Gasteiger partial charge in [0.05, 0.1) is 18.2 Å². The Bertz CT molecular complexity index is 1270. The fraction of sp³-hybridized carbons (Fsp3) is 0.214. The molecule has 180 valence electrons. The van der Waals surface area contributed by atoms with Crippen molar-refractivity contribution in [1.29, 1.82) is 0 Å². The van der Waals surface area contributed by atoms with Crippen LogP contribution in [0.4, 0.5) is 0 Å². The minimum atomic E-state index is -0.855. The Labute approximate surface area is 203 Å². The number of ketones is 1. The highest BCUT2D eigenvalue weighted by Gasteiger charge is 2.46. The lowest BCUT2D eigenvalue weighted by Crippen LogP contribution is -2.32. The second-order valence-electron chi connectivity index (χ2n) is 8.33. The van der Waals surface area contributed by atoms with Gasteiger partial charge in [0.2, 0.25) is 0 Å². The van der Waals surface area contributed by atoms with Crippen LogP contribution < -0.4 is 4.74 Å². The molecule has 1 aliphatic rings. The Balaban J connectivity index is 1.70. The van der Waals surface area contributed by atoms with Crippen molar-refractivity contribution >= 4 is 17.4 Å². The van der Waals surface area contributed by atoms with Crippen molar-refractivity contribution in [2.45, 2.75) is 19.6 Å².